The Bertz CT molecular complexity index is 743. The molecule has 1 fully saturated rings. The van der Waals surface area contributed by atoms with Gasteiger partial charge < -0.3 is 14.0 Å². The molecule has 0 aromatic heterocycles. The molecule has 2 aromatic carbocycles. The van der Waals surface area contributed by atoms with Crippen LogP contribution in [-0.2, 0) is 15.9 Å². The molecule has 3 nitrogen and oxygen atoms in total. The van der Waals surface area contributed by atoms with E-state index in [1.54, 1.807) is 0 Å². The summed E-state index contributed by atoms with van der Waals surface area (Å²) >= 11 is 6.61. The molecule has 1 aliphatic rings. The van der Waals surface area contributed by atoms with E-state index in [1.165, 1.54) is 0 Å². The molecule has 25 heavy (non-hydrogen) atoms. The number of halogens is 1. The minimum Gasteiger partial charge on any atom is -0.489 e. The topological polar surface area (TPSA) is 27.7 Å². The van der Waals surface area contributed by atoms with E-state index >= 15 is 0 Å². The third-order valence-electron chi connectivity index (χ3n) is 5.11. The Labute approximate surface area is 155 Å². The molecule has 2 aromatic rings. The standard InChI is InChI=1S/C20H24BClO3/c1-14-17(23-13-15-9-7-6-8-10-15)12-11-16(18(14)22)21-24-19(2,3)20(4,5)25-21/h6-12H,13H2,1-5H3. The summed E-state index contributed by atoms with van der Waals surface area (Å²) in [6, 6.07) is 13.9. The van der Waals surface area contributed by atoms with Gasteiger partial charge in [-0.25, -0.2) is 0 Å². The van der Waals surface area contributed by atoms with E-state index in [0.717, 1.165) is 22.3 Å². The number of benzene rings is 2. The van der Waals surface area contributed by atoms with E-state index in [-0.39, 0.29) is 0 Å². The van der Waals surface area contributed by atoms with Gasteiger partial charge in [-0.1, -0.05) is 48.0 Å². The average molecular weight is 359 g/mol. The highest BCUT2D eigenvalue weighted by Crippen LogP contribution is 2.37. The summed E-state index contributed by atoms with van der Waals surface area (Å²) in [5.41, 5.74) is 2.07. The number of rotatable bonds is 4. The summed E-state index contributed by atoms with van der Waals surface area (Å²) in [6.45, 7) is 10.6. The molecule has 132 valence electrons. The molecule has 0 radical (unpaired) electrons. The van der Waals surface area contributed by atoms with Crippen molar-refractivity contribution in [2.24, 2.45) is 0 Å². The largest absolute Gasteiger partial charge is 0.496 e. The first-order valence-corrected chi connectivity index (χ1v) is 8.90. The Morgan fingerprint density at radius 3 is 2.16 bits per heavy atom. The number of ether oxygens (including phenoxy) is 1. The van der Waals surface area contributed by atoms with E-state index in [4.69, 9.17) is 25.6 Å². The maximum atomic E-state index is 6.61. The summed E-state index contributed by atoms with van der Waals surface area (Å²) < 4.78 is 18.2. The van der Waals surface area contributed by atoms with Crippen LogP contribution < -0.4 is 10.2 Å². The molecule has 1 aliphatic heterocycles. The van der Waals surface area contributed by atoms with Crippen LogP contribution >= 0.6 is 11.6 Å². The van der Waals surface area contributed by atoms with Crippen molar-refractivity contribution in [3.63, 3.8) is 0 Å². The van der Waals surface area contributed by atoms with Gasteiger partial charge in [-0.05, 0) is 46.2 Å². The Morgan fingerprint density at radius 1 is 0.960 bits per heavy atom. The maximum Gasteiger partial charge on any atom is 0.496 e. The second-order valence-electron chi connectivity index (χ2n) is 7.45. The zero-order valence-corrected chi connectivity index (χ0v) is 16.2. The van der Waals surface area contributed by atoms with Gasteiger partial charge in [0.1, 0.15) is 12.4 Å². The zero-order chi connectivity index (χ0) is 18.2. The van der Waals surface area contributed by atoms with E-state index in [9.17, 15) is 0 Å². The van der Waals surface area contributed by atoms with Crippen LogP contribution in [0.4, 0.5) is 0 Å². The molecular formula is C20H24BClO3. The Balaban J connectivity index is 1.79. The van der Waals surface area contributed by atoms with Gasteiger partial charge in [-0.15, -0.1) is 0 Å². The molecule has 0 saturated carbocycles. The molecule has 0 unspecified atom stereocenters. The Hall–Kier alpha value is -1.49. The highest BCUT2D eigenvalue weighted by atomic mass is 35.5. The first-order chi connectivity index (χ1) is 11.7. The predicted molar refractivity (Wildman–Crippen MR) is 103 cm³/mol. The molecule has 1 saturated heterocycles. The summed E-state index contributed by atoms with van der Waals surface area (Å²) in [6.07, 6.45) is 0. The lowest BCUT2D eigenvalue weighted by atomic mass is 9.78. The zero-order valence-electron chi connectivity index (χ0n) is 15.4. The minimum atomic E-state index is -0.473. The van der Waals surface area contributed by atoms with Gasteiger partial charge in [0.05, 0.1) is 11.2 Å². The molecule has 3 rings (SSSR count). The second-order valence-corrected chi connectivity index (χ2v) is 7.83. The minimum absolute atomic E-state index is 0.391. The van der Waals surface area contributed by atoms with Crippen LogP contribution in [0.25, 0.3) is 0 Å². The van der Waals surface area contributed by atoms with Crippen LogP contribution in [0.3, 0.4) is 0 Å². The normalized spacial score (nSPS) is 18.4. The van der Waals surface area contributed by atoms with Gasteiger partial charge in [0.2, 0.25) is 0 Å². The molecule has 0 spiro atoms. The average Bonchev–Trinajstić information content (AvgIpc) is 2.77. The fraction of sp³-hybridized carbons (Fsp3) is 0.400. The van der Waals surface area contributed by atoms with E-state index in [2.05, 4.69) is 0 Å². The molecule has 0 bridgehead atoms. The Morgan fingerprint density at radius 2 is 1.56 bits per heavy atom. The quantitative estimate of drug-likeness (QED) is 0.752. The van der Waals surface area contributed by atoms with Crippen molar-refractivity contribution < 1.29 is 14.0 Å². The van der Waals surface area contributed by atoms with E-state index in [1.807, 2.05) is 77.1 Å². The summed E-state index contributed by atoms with van der Waals surface area (Å²) in [7, 11) is -0.473. The van der Waals surface area contributed by atoms with Gasteiger partial charge >= 0.3 is 7.12 Å². The fourth-order valence-corrected chi connectivity index (χ4v) is 2.98. The lowest BCUT2D eigenvalue weighted by molar-refractivity contribution is 0.00578. The van der Waals surface area contributed by atoms with Crippen molar-refractivity contribution in [3.05, 3.63) is 58.6 Å². The van der Waals surface area contributed by atoms with Gasteiger partial charge in [-0.2, -0.15) is 0 Å². The van der Waals surface area contributed by atoms with Crippen LogP contribution in [0.5, 0.6) is 5.75 Å². The predicted octanol–water partition coefficient (Wildman–Crippen LogP) is 4.53. The van der Waals surface area contributed by atoms with Crippen molar-refractivity contribution in [1.29, 1.82) is 0 Å². The van der Waals surface area contributed by atoms with Crippen molar-refractivity contribution in [2.45, 2.75) is 52.4 Å². The summed E-state index contributed by atoms with van der Waals surface area (Å²) in [5.74, 6) is 0.772. The van der Waals surface area contributed by atoms with Crippen LogP contribution in [0.15, 0.2) is 42.5 Å². The third kappa shape index (κ3) is 3.57. The molecule has 5 heteroatoms. The lowest BCUT2D eigenvalue weighted by Crippen LogP contribution is -2.41. The van der Waals surface area contributed by atoms with Crippen LogP contribution in [-0.4, -0.2) is 18.3 Å². The maximum absolute atomic E-state index is 6.61. The fourth-order valence-electron chi connectivity index (χ4n) is 2.73. The number of hydrogen-bond donors (Lipinski definition) is 0. The van der Waals surface area contributed by atoms with Gasteiger partial charge in [0.25, 0.3) is 0 Å². The molecule has 0 aliphatic carbocycles. The Kier molecular flexibility index (Phi) is 4.89. The second kappa shape index (κ2) is 6.67. The monoisotopic (exact) mass is 358 g/mol. The number of hydrogen-bond acceptors (Lipinski definition) is 3. The first kappa shape index (κ1) is 18.3. The van der Waals surface area contributed by atoms with Crippen molar-refractivity contribution in [3.8, 4) is 5.75 Å². The smallest absolute Gasteiger partial charge is 0.489 e. The summed E-state index contributed by atoms with van der Waals surface area (Å²) in [4.78, 5) is 0. The third-order valence-corrected chi connectivity index (χ3v) is 5.61. The van der Waals surface area contributed by atoms with Crippen LogP contribution in [0.2, 0.25) is 5.02 Å². The highest BCUT2D eigenvalue weighted by Gasteiger charge is 2.52. The van der Waals surface area contributed by atoms with Gasteiger partial charge in [0.15, 0.2) is 0 Å². The molecule has 0 atom stereocenters. The van der Waals surface area contributed by atoms with Crippen molar-refractivity contribution in [1.82, 2.24) is 0 Å². The van der Waals surface area contributed by atoms with E-state index in [0.29, 0.717) is 11.6 Å². The first-order valence-electron chi connectivity index (χ1n) is 8.53. The van der Waals surface area contributed by atoms with Gasteiger partial charge in [0, 0.05) is 16.0 Å². The molecular weight excluding hydrogens is 334 g/mol. The van der Waals surface area contributed by atoms with Crippen LogP contribution in [0, 0.1) is 6.92 Å². The highest BCUT2D eigenvalue weighted by molar-refractivity contribution is 6.65. The lowest BCUT2D eigenvalue weighted by Gasteiger charge is -2.32. The molecule has 0 amide bonds. The van der Waals surface area contributed by atoms with Crippen LogP contribution in [0.1, 0.15) is 38.8 Å². The molecule has 1 heterocycles. The molecule has 0 N–H and O–H groups in total. The van der Waals surface area contributed by atoms with Crippen molar-refractivity contribution >= 4 is 24.2 Å². The van der Waals surface area contributed by atoms with Gasteiger partial charge in [-0.3, -0.25) is 0 Å². The van der Waals surface area contributed by atoms with E-state index < -0.39 is 18.3 Å². The summed E-state index contributed by atoms with van der Waals surface area (Å²) in [5, 5.41) is 0.629. The SMILES string of the molecule is Cc1c(OCc2ccccc2)ccc(B2OC(C)(C)C(C)(C)O2)c1Cl. The van der Waals surface area contributed by atoms with Crippen molar-refractivity contribution in [2.75, 3.05) is 0 Å².